The van der Waals surface area contributed by atoms with Gasteiger partial charge in [-0.1, -0.05) is 30.3 Å². The topological polar surface area (TPSA) is 115 Å². The van der Waals surface area contributed by atoms with Crippen LogP contribution in [0.3, 0.4) is 0 Å². The smallest absolute Gasteiger partial charge is 0.370 e. The number of ether oxygens (including phenoxy) is 3. The molecule has 150 valence electrons. The number of nitriles is 1. The van der Waals surface area contributed by atoms with E-state index in [2.05, 4.69) is 22.6 Å². The van der Waals surface area contributed by atoms with Crippen LogP contribution in [0, 0.1) is 11.3 Å². The van der Waals surface area contributed by atoms with Crippen LogP contribution in [0.15, 0.2) is 73.3 Å². The molecule has 0 fully saturated rings. The number of carboxylic acids is 1. The molecule has 30 heavy (non-hydrogen) atoms. The number of carboxylic acid groups (broad SMARTS) is 1. The Labute approximate surface area is 172 Å². The van der Waals surface area contributed by atoms with Gasteiger partial charge in [0, 0.05) is 6.42 Å². The summed E-state index contributed by atoms with van der Waals surface area (Å²) in [4.78, 5) is 18.9. The summed E-state index contributed by atoms with van der Waals surface area (Å²) < 4.78 is 16.6. The molecule has 0 aliphatic rings. The lowest BCUT2D eigenvalue weighted by Crippen LogP contribution is -2.06. The van der Waals surface area contributed by atoms with Gasteiger partial charge in [-0.3, -0.25) is 0 Å². The monoisotopic (exact) mass is 403 g/mol. The van der Waals surface area contributed by atoms with Gasteiger partial charge in [0.15, 0.2) is 5.76 Å². The maximum atomic E-state index is 10.8. The maximum absolute atomic E-state index is 10.8. The fourth-order valence-corrected chi connectivity index (χ4v) is 2.46. The number of nitrogens with zero attached hydrogens (tertiary/aromatic N) is 3. The fourth-order valence-electron chi connectivity index (χ4n) is 2.46. The van der Waals surface area contributed by atoms with E-state index in [1.165, 1.54) is 12.4 Å². The van der Waals surface area contributed by atoms with Crippen LogP contribution >= 0.6 is 0 Å². The molecule has 8 heteroatoms. The molecule has 0 radical (unpaired) electrons. The van der Waals surface area contributed by atoms with E-state index < -0.39 is 5.97 Å². The quantitative estimate of drug-likeness (QED) is 0.420. The zero-order valence-corrected chi connectivity index (χ0v) is 15.8. The first-order chi connectivity index (χ1) is 14.6. The molecule has 3 rings (SSSR count). The summed E-state index contributed by atoms with van der Waals surface area (Å²) in [5.41, 5.74) is 1.18. The van der Waals surface area contributed by atoms with Gasteiger partial charge in [0.2, 0.25) is 11.8 Å². The van der Waals surface area contributed by atoms with Gasteiger partial charge in [0.05, 0.1) is 18.2 Å². The molecule has 8 nitrogen and oxygen atoms in total. The van der Waals surface area contributed by atoms with Crippen molar-refractivity contribution < 1.29 is 24.1 Å². The molecule has 0 spiro atoms. The number of rotatable bonds is 9. The Morgan fingerprint density at radius 1 is 1.03 bits per heavy atom. The average Bonchev–Trinajstić information content (AvgIpc) is 2.75. The normalized spacial score (nSPS) is 9.97. The number of aromatic nitrogens is 2. The van der Waals surface area contributed by atoms with Gasteiger partial charge >= 0.3 is 5.97 Å². The summed E-state index contributed by atoms with van der Waals surface area (Å²) in [5.74, 6) is -0.140. The summed E-state index contributed by atoms with van der Waals surface area (Å²) in [5, 5.41) is 18.0. The van der Waals surface area contributed by atoms with Crippen LogP contribution in [0.25, 0.3) is 0 Å². The second-order valence-corrected chi connectivity index (χ2v) is 5.94. The van der Waals surface area contributed by atoms with E-state index in [4.69, 9.17) is 19.3 Å². The van der Waals surface area contributed by atoms with E-state index in [1.807, 2.05) is 12.1 Å². The predicted octanol–water partition coefficient (Wildman–Crippen LogP) is 4.09. The molecule has 0 amide bonds. The molecule has 1 aromatic heterocycles. The molecule has 0 aliphatic carbocycles. The number of benzene rings is 2. The lowest BCUT2D eigenvalue weighted by atomic mass is 10.1. The third-order valence-electron chi connectivity index (χ3n) is 3.91. The molecular weight excluding hydrogens is 386 g/mol. The van der Waals surface area contributed by atoms with Crippen molar-refractivity contribution in [2.24, 2.45) is 0 Å². The molecule has 1 N–H and O–H groups in total. The van der Waals surface area contributed by atoms with Gasteiger partial charge in [0.25, 0.3) is 0 Å². The minimum Gasteiger partial charge on any atom is -0.487 e. The van der Waals surface area contributed by atoms with E-state index in [1.54, 1.807) is 36.4 Å². The Morgan fingerprint density at radius 3 is 2.37 bits per heavy atom. The highest BCUT2D eigenvalue weighted by Gasteiger charge is 2.10. The van der Waals surface area contributed by atoms with E-state index in [0.717, 1.165) is 5.56 Å². The van der Waals surface area contributed by atoms with Crippen LogP contribution in [0.5, 0.6) is 23.3 Å². The van der Waals surface area contributed by atoms with Gasteiger partial charge in [0.1, 0.15) is 23.9 Å². The van der Waals surface area contributed by atoms with Gasteiger partial charge in [-0.2, -0.15) is 5.26 Å². The number of para-hydroxylation sites is 2. The molecule has 0 aliphatic heterocycles. The number of hydrogen-bond acceptors (Lipinski definition) is 7. The molecule has 0 saturated carbocycles. The predicted molar refractivity (Wildman–Crippen MR) is 106 cm³/mol. The van der Waals surface area contributed by atoms with Crippen LogP contribution in [-0.2, 0) is 16.0 Å². The van der Waals surface area contributed by atoms with E-state index in [9.17, 15) is 10.1 Å². The van der Waals surface area contributed by atoms with Crippen molar-refractivity contribution in [2.45, 2.75) is 6.42 Å². The van der Waals surface area contributed by atoms with Crippen LogP contribution in [0.4, 0.5) is 0 Å². The van der Waals surface area contributed by atoms with E-state index >= 15 is 0 Å². The van der Waals surface area contributed by atoms with Gasteiger partial charge in [-0.15, -0.1) is 0 Å². The average molecular weight is 403 g/mol. The van der Waals surface area contributed by atoms with Crippen molar-refractivity contribution in [1.82, 2.24) is 9.97 Å². The van der Waals surface area contributed by atoms with E-state index in [0.29, 0.717) is 23.5 Å². The first-order valence-corrected chi connectivity index (χ1v) is 8.86. The molecule has 0 saturated heterocycles. The number of aliphatic carboxylic acids is 1. The molecule has 3 aromatic rings. The standard InChI is InChI=1S/C22H17N3O5/c1-15(22(26)27)28-11-10-16-6-2-4-8-18(16)29-20-12-21(25-14-24-20)30-19-9-5-3-7-17(19)13-23/h2-9,12,14H,1,10-11H2,(H,26,27). The SMILES string of the molecule is C=C(OCCc1ccccc1Oc1cc(Oc2ccccc2C#N)ncn1)C(=O)O. The molecule has 0 bridgehead atoms. The van der Waals surface area contributed by atoms with Gasteiger partial charge in [-0.25, -0.2) is 14.8 Å². The largest absolute Gasteiger partial charge is 0.487 e. The molecule has 0 atom stereocenters. The maximum Gasteiger partial charge on any atom is 0.370 e. The lowest BCUT2D eigenvalue weighted by Gasteiger charge is -2.12. The lowest BCUT2D eigenvalue weighted by molar-refractivity contribution is -0.136. The first-order valence-electron chi connectivity index (χ1n) is 8.86. The second-order valence-electron chi connectivity index (χ2n) is 5.94. The minimum atomic E-state index is -1.20. The zero-order chi connectivity index (χ0) is 21.3. The van der Waals surface area contributed by atoms with Gasteiger partial charge < -0.3 is 19.3 Å². The molecule has 2 aromatic carbocycles. The molecule has 0 unspecified atom stereocenters. The van der Waals surface area contributed by atoms with Crippen LogP contribution < -0.4 is 9.47 Å². The van der Waals surface area contributed by atoms with Crippen molar-refractivity contribution in [2.75, 3.05) is 6.61 Å². The summed E-state index contributed by atoms with van der Waals surface area (Å²) in [6, 6.07) is 17.6. The highest BCUT2D eigenvalue weighted by atomic mass is 16.5. The van der Waals surface area contributed by atoms with Crippen LogP contribution in [0.1, 0.15) is 11.1 Å². The van der Waals surface area contributed by atoms with Crippen molar-refractivity contribution in [1.29, 1.82) is 5.26 Å². The molecule has 1 heterocycles. The third-order valence-corrected chi connectivity index (χ3v) is 3.91. The summed E-state index contributed by atoms with van der Waals surface area (Å²) in [7, 11) is 0. The Kier molecular flexibility index (Phi) is 6.59. The second kappa shape index (κ2) is 9.71. The number of hydrogen-bond donors (Lipinski definition) is 1. The highest BCUT2D eigenvalue weighted by Crippen LogP contribution is 2.28. The zero-order valence-electron chi connectivity index (χ0n) is 15.8. The number of carbonyl (C=O) groups is 1. The van der Waals surface area contributed by atoms with Crippen molar-refractivity contribution in [3.63, 3.8) is 0 Å². The minimum absolute atomic E-state index is 0.134. The van der Waals surface area contributed by atoms with Crippen LogP contribution in [-0.4, -0.2) is 27.7 Å². The summed E-state index contributed by atoms with van der Waals surface area (Å²) in [6.07, 6.45) is 1.70. The fraction of sp³-hybridized carbons (Fsp3) is 0.0909. The van der Waals surface area contributed by atoms with Crippen molar-refractivity contribution >= 4 is 5.97 Å². The Hall–Kier alpha value is -4.38. The highest BCUT2D eigenvalue weighted by molar-refractivity contribution is 5.83. The van der Waals surface area contributed by atoms with Crippen LogP contribution in [0.2, 0.25) is 0 Å². The van der Waals surface area contributed by atoms with E-state index in [-0.39, 0.29) is 24.1 Å². The third kappa shape index (κ3) is 5.33. The summed E-state index contributed by atoms with van der Waals surface area (Å²) >= 11 is 0. The Morgan fingerprint density at radius 2 is 1.67 bits per heavy atom. The summed E-state index contributed by atoms with van der Waals surface area (Å²) in [6.45, 7) is 3.46. The van der Waals surface area contributed by atoms with Crippen molar-refractivity contribution in [3.8, 4) is 29.3 Å². The van der Waals surface area contributed by atoms with Crippen molar-refractivity contribution in [3.05, 3.63) is 84.4 Å². The van der Waals surface area contributed by atoms with Gasteiger partial charge in [-0.05, 0) is 30.3 Å². The first kappa shape index (κ1) is 20.4. The molecular formula is C22H17N3O5. The Bertz CT molecular complexity index is 1110. The Balaban J connectivity index is 1.71.